The number of halogens is 3. The first-order valence-electron chi connectivity index (χ1n) is 8.64. The number of hydrogen-bond donors (Lipinski definition) is 2. The van der Waals surface area contributed by atoms with Gasteiger partial charge in [0.1, 0.15) is 5.75 Å². The van der Waals surface area contributed by atoms with Gasteiger partial charge in [0.15, 0.2) is 5.96 Å². The third-order valence-corrected chi connectivity index (χ3v) is 3.63. The molecule has 0 saturated carbocycles. The number of aliphatic imine (C=N–C) groups is 1. The molecular formula is C19H23F3N4O. The van der Waals surface area contributed by atoms with Crippen molar-refractivity contribution in [2.75, 3.05) is 13.1 Å². The van der Waals surface area contributed by atoms with Crippen LogP contribution in [0.5, 0.6) is 5.75 Å². The minimum atomic E-state index is -4.73. The Kier molecular flexibility index (Phi) is 7.45. The number of pyridine rings is 1. The van der Waals surface area contributed by atoms with Gasteiger partial charge in [0.25, 0.3) is 0 Å². The van der Waals surface area contributed by atoms with Crippen molar-refractivity contribution in [1.29, 1.82) is 0 Å². The van der Waals surface area contributed by atoms with Crippen LogP contribution < -0.4 is 15.4 Å². The molecule has 0 aliphatic heterocycles. The van der Waals surface area contributed by atoms with Gasteiger partial charge in [-0.15, -0.1) is 13.2 Å². The standard InChI is InChI=1S/C19H23F3N4O/c1-3-23-18(24-11-10-15-9-8-14(2)25-12-15)26-13-16-6-4-5-7-17(16)27-19(20,21)22/h4-9,12H,3,10-11,13H2,1-2H3,(H2,23,24,26). The van der Waals surface area contributed by atoms with Crippen LogP contribution in [0.1, 0.15) is 23.7 Å². The molecule has 5 nitrogen and oxygen atoms in total. The maximum absolute atomic E-state index is 12.5. The number of guanidine groups is 1. The zero-order valence-electron chi connectivity index (χ0n) is 15.3. The highest BCUT2D eigenvalue weighted by Crippen LogP contribution is 2.26. The van der Waals surface area contributed by atoms with Gasteiger partial charge in [-0.2, -0.15) is 0 Å². The summed E-state index contributed by atoms with van der Waals surface area (Å²) in [5.74, 6) is 0.287. The molecule has 1 aromatic heterocycles. The van der Waals surface area contributed by atoms with E-state index in [9.17, 15) is 13.2 Å². The van der Waals surface area contributed by atoms with Gasteiger partial charge in [0.2, 0.25) is 0 Å². The topological polar surface area (TPSA) is 58.5 Å². The number of rotatable bonds is 7. The number of nitrogens with zero attached hydrogens (tertiary/aromatic N) is 2. The van der Waals surface area contributed by atoms with Crippen LogP contribution in [-0.4, -0.2) is 30.4 Å². The lowest BCUT2D eigenvalue weighted by Gasteiger charge is -2.14. The summed E-state index contributed by atoms with van der Waals surface area (Å²) in [6.07, 6.45) is -2.15. The third-order valence-electron chi connectivity index (χ3n) is 3.63. The molecule has 8 heteroatoms. The number of alkyl halides is 3. The van der Waals surface area contributed by atoms with E-state index in [0.717, 1.165) is 17.7 Å². The summed E-state index contributed by atoms with van der Waals surface area (Å²) in [5, 5.41) is 6.25. The molecule has 0 fully saturated rings. The quantitative estimate of drug-likeness (QED) is 0.569. The summed E-state index contributed by atoms with van der Waals surface area (Å²) in [6.45, 7) is 5.17. The molecule has 146 valence electrons. The number of para-hydroxylation sites is 1. The number of aromatic nitrogens is 1. The molecule has 1 heterocycles. The highest BCUT2D eigenvalue weighted by Gasteiger charge is 2.31. The maximum Gasteiger partial charge on any atom is 0.573 e. The van der Waals surface area contributed by atoms with Gasteiger partial charge >= 0.3 is 6.36 Å². The first-order chi connectivity index (χ1) is 12.9. The minimum Gasteiger partial charge on any atom is -0.405 e. The molecule has 0 saturated heterocycles. The van der Waals surface area contributed by atoms with Crippen LogP contribution in [0.2, 0.25) is 0 Å². The van der Waals surface area contributed by atoms with Crippen LogP contribution in [0.3, 0.4) is 0 Å². The van der Waals surface area contributed by atoms with E-state index in [0.29, 0.717) is 24.6 Å². The van der Waals surface area contributed by atoms with Gasteiger partial charge in [0.05, 0.1) is 6.54 Å². The van der Waals surface area contributed by atoms with E-state index in [4.69, 9.17) is 0 Å². The Balaban J connectivity index is 1.97. The number of nitrogens with one attached hydrogen (secondary N) is 2. The molecule has 0 unspecified atom stereocenters. The molecule has 2 N–H and O–H groups in total. The van der Waals surface area contributed by atoms with Crippen molar-refractivity contribution in [3.8, 4) is 5.75 Å². The Morgan fingerprint density at radius 1 is 1.15 bits per heavy atom. The summed E-state index contributed by atoms with van der Waals surface area (Å²) < 4.78 is 41.6. The summed E-state index contributed by atoms with van der Waals surface area (Å²) in [4.78, 5) is 8.60. The monoisotopic (exact) mass is 380 g/mol. The number of benzene rings is 1. The van der Waals surface area contributed by atoms with Gasteiger partial charge in [-0.1, -0.05) is 24.3 Å². The van der Waals surface area contributed by atoms with Gasteiger partial charge in [-0.05, 0) is 38.0 Å². The number of hydrogen-bond acceptors (Lipinski definition) is 3. The fourth-order valence-corrected chi connectivity index (χ4v) is 2.34. The van der Waals surface area contributed by atoms with Crippen LogP contribution >= 0.6 is 0 Å². The smallest absolute Gasteiger partial charge is 0.405 e. The van der Waals surface area contributed by atoms with E-state index >= 15 is 0 Å². The average molecular weight is 380 g/mol. The maximum atomic E-state index is 12.5. The fraction of sp³-hybridized carbons (Fsp3) is 0.368. The minimum absolute atomic E-state index is 0.0632. The predicted octanol–water partition coefficient (Wildman–Crippen LogP) is 3.59. The first-order valence-corrected chi connectivity index (χ1v) is 8.64. The van der Waals surface area contributed by atoms with Crippen molar-refractivity contribution < 1.29 is 17.9 Å². The van der Waals surface area contributed by atoms with E-state index in [1.54, 1.807) is 12.1 Å². The highest BCUT2D eigenvalue weighted by molar-refractivity contribution is 5.79. The summed E-state index contributed by atoms with van der Waals surface area (Å²) >= 11 is 0. The van der Waals surface area contributed by atoms with Crippen molar-refractivity contribution in [3.05, 3.63) is 59.4 Å². The molecule has 0 amide bonds. The fourth-order valence-electron chi connectivity index (χ4n) is 2.34. The van der Waals surface area contributed by atoms with Crippen molar-refractivity contribution in [2.24, 2.45) is 4.99 Å². The Morgan fingerprint density at radius 3 is 2.59 bits per heavy atom. The lowest BCUT2D eigenvalue weighted by Crippen LogP contribution is -2.38. The lowest BCUT2D eigenvalue weighted by molar-refractivity contribution is -0.274. The zero-order chi connectivity index (χ0) is 19.7. The number of ether oxygens (including phenoxy) is 1. The molecule has 1 aromatic carbocycles. The Labute approximate surface area is 156 Å². The van der Waals surface area contributed by atoms with Gasteiger partial charge in [-0.3, -0.25) is 4.98 Å². The third kappa shape index (κ3) is 7.55. The molecule has 2 rings (SSSR count). The Morgan fingerprint density at radius 2 is 1.93 bits per heavy atom. The molecule has 0 atom stereocenters. The van der Waals surface area contributed by atoms with E-state index in [1.165, 1.54) is 12.1 Å². The molecule has 0 aliphatic carbocycles. The Bertz CT molecular complexity index is 745. The lowest BCUT2D eigenvalue weighted by atomic mass is 10.2. The van der Waals surface area contributed by atoms with Crippen molar-refractivity contribution in [2.45, 2.75) is 33.2 Å². The van der Waals surface area contributed by atoms with Crippen LogP contribution in [0.15, 0.2) is 47.6 Å². The van der Waals surface area contributed by atoms with Gasteiger partial charge < -0.3 is 15.4 Å². The predicted molar refractivity (Wildman–Crippen MR) is 98.6 cm³/mol. The second-order valence-electron chi connectivity index (χ2n) is 5.84. The average Bonchev–Trinajstić information content (AvgIpc) is 2.61. The number of aryl methyl sites for hydroxylation is 1. The van der Waals surface area contributed by atoms with Crippen molar-refractivity contribution >= 4 is 5.96 Å². The van der Waals surface area contributed by atoms with E-state index in [2.05, 4.69) is 25.3 Å². The highest BCUT2D eigenvalue weighted by atomic mass is 19.4. The molecule has 2 aromatic rings. The van der Waals surface area contributed by atoms with Gasteiger partial charge in [0, 0.05) is 30.5 Å². The second kappa shape index (κ2) is 9.80. The second-order valence-corrected chi connectivity index (χ2v) is 5.84. The van der Waals surface area contributed by atoms with Crippen molar-refractivity contribution in [1.82, 2.24) is 15.6 Å². The van der Waals surface area contributed by atoms with Crippen LogP contribution in [0, 0.1) is 6.92 Å². The van der Waals surface area contributed by atoms with Crippen molar-refractivity contribution in [3.63, 3.8) is 0 Å². The van der Waals surface area contributed by atoms with Crippen LogP contribution in [-0.2, 0) is 13.0 Å². The Hall–Kier alpha value is -2.77. The molecule has 0 radical (unpaired) electrons. The van der Waals surface area contributed by atoms with E-state index in [1.807, 2.05) is 32.2 Å². The SMILES string of the molecule is CCNC(=NCc1ccccc1OC(F)(F)F)NCCc1ccc(C)nc1. The first kappa shape index (κ1) is 20.5. The normalized spacial score (nSPS) is 12.0. The summed E-state index contributed by atoms with van der Waals surface area (Å²) in [6, 6.07) is 9.95. The summed E-state index contributed by atoms with van der Waals surface area (Å²) in [5.41, 5.74) is 2.41. The molecule has 0 spiro atoms. The van der Waals surface area contributed by atoms with Crippen LogP contribution in [0.25, 0.3) is 0 Å². The largest absolute Gasteiger partial charge is 0.573 e. The zero-order valence-corrected chi connectivity index (χ0v) is 15.3. The van der Waals surface area contributed by atoms with E-state index < -0.39 is 6.36 Å². The molecule has 0 bridgehead atoms. The van der Waals surface area contributed by atoms with E-state index in [-0.39, 0.29) is 12.3 Å². The summed E-state index contributed by atoms with van der Waals surface area (Å²) in [7, 11) is 0. The molecule has 27 heavy (non-hydrogen) atoms. The molecular weight excluding hydrogens is 357 g/mol. The molecule has 0 aliphatic rings. The van der Waals surface area contributed by atoms with Crippen LogP contribution in [0.4, 0.5) is 13.2 Å². The van der Waals surface area contributed by atoms with Gasteiger partial charge in [-0.25, -0.2) is 4.99 Å².